The van der Waals surface area contributed by atoms with Gasteiger partial charge in [-0.3, -0.25) is 10.3 Å². The number of urea groups is 1. The lowest BCUT2D eigenvalue weighted by atomic mass is 9.99. The van der Waals surface area contributed by atoms with Crippen molar-refractivity contribution in [3.63, 3.8) is 0 Å². The number of nitrogens with one attached hydrogen (secondary N) is 3. The molecule has 146 valence electrons. The molecule has 0 aliphatic rings. The Morgan fingerprint density at radius 3 is 2.59 bits per heavy atom. The summed E-state index contributed by atoms with van der Waals surface area (Å²) in [6, 6.07) is 8.64. The van der Waals surface area contributed by atoms with E-state index < -0.39 is 17.4 Å². The minimum Gasteiger partial charge on any atom is -0.338 e. The van der Waals surface area contributed by atoms with Crippen molar-refractivity contribution in [1.82, 2.24) is 19.9 Å². The summed E-state index contributed by atoms with van der Waals surface area (Å²) in [5, 5.41) is 5.18. The molecule has 1 heterocycles. The Morgan fingerprint density at radius 1 is 1.22 bits per heavy atom. The van der Waals surface area contributed by atoms with Gasteiger partial charge in [0.15, 0.2) is 0 Å². The Morgan fingerprint density at radius 2 is 1.96 bits per heavy atom. The largest absolute Gasteiger partial charge is 0.355 e. The van der Waals surface area contributed by atoms with Gasteiger partial charge in [-0.1, -0.05) is 63.4 Å². The van der Waals surface area contributed by atoms with Crippen LogP contribution in [0.25, 0.3) is 0 Å². The monoisotopic (exact) mass is 373 g/mol. The third-order valence-corrected chi connectivity index (χ3v) is 4.42. The molecule has 0 aliphatic carbocycles. The first-order chi connectivity index (χ1) is 13.0. The Bertz CT molecular complexity index is 813. The molecule has 2 rings (SSSR count). The molecule has 8 heteroatoms. The van der Waals surface area contributed by atoms with E-state index in [0.29, 0.717) is 12.5 Å². The number of H-pyrrole nitrogens is 1. The lowest BCUT2D eigenvalue weighted by molar-refractivity contribution is 0.249. The zero-order valence-corrected chi connectivity index (χ0v) is 15.8. The molecule has 2 aromatic rings. The zero-order chi connectivity index (χ0) is 19.6. The van der Waals surface area contributed by atoms with E-state index in [1.807, 2.05) is 30.3 Å². The maximum Gasteiger partial charge on any atom is 0.355 e. The number of amides is 2. The molecule has 0 aliphatic heterocycles. The first kappa shape index (κ1) is 20.4. The van der Waals surface area contributed by atoms with Crippen molar-refractivity contribution < 1.29 is 4.79 Å². The normalized spacial score (nSPS) is 11.8. The van der Waals surface area contributed by atoms with Crippen LogP contribution in [0.15, 0.2) is 39.9 Å². The molecule has 1 aromatic heterocycles. The van der Waals surface area contributed by atoms with Crippen molar-refractivity contribution in [1.29, 1.82) is 0 Å². The third kappa shape index (κ3) is 6.40. The van der Waals surface area contributed by atoms with Gasteiger partial charge in [0.25, 0.3) is 0 Å². The number of carbonyl (C=O) groups excluding carboxylic acids is 1. The molecular formula is C19H27N5O3. The molecule has 2 amide bonds. The molecule has 0 saturated carbocycles. The van der Waals surface area contributed by atoms with E-state index in [1.54, 1.807) is 0 Å². The lowest BCUT2D eigenvalue weighted by Crippen LogP contribution is -2.40. The number of rotatable bonds is 9. The van der Waals surface area contributed by atoms with Crippen LogP contribution in [0.5, 0.6) is 0 Å². The highest BCUT2D eigenvalue weighted by Gasteiger charge is 2.11. The minimum absolute atomic E-state index is 0.115. The molecular weight excluding hydrogens is 346 g/mol. The highest BCUT2D eigenvalue weighted by molar-refractivity contribution is 5.87. The molecule has 3 N–H and O–H groups in total. The van der Waals surface area contributed by atoms with Gasteiger partial charge < -0.3 is 5.32 Å². The van der Waals surface area contributed by atoms with E-state index in [2.05, 4.69) is 34.4 Å². The van der Waals surface area contributed by atoms with Gasteiger partial charge in [0.05, 0.1) is 6.54 Å². The minimum atomic E-state index is -0.715. The predicted octanol–water partition coefficient (Wildman–Crippen LogP) is 2.32. The van der Waals surface area contributed by atoms with Crippen LogP contribution in [0.1, 0.15) is 45.1 Å². The molecule has 0 radical (unpaired) electrons. The number of aromatic nitrogens is 3. The van der Waals surface area contributed by atoms with Crippen LogP contribution in [-0.4, -0.2) is 27.1 Å². The van der Waals surface area contributed by atoms with Gasteiger partial charge in [0.2, 0.25) is 5.95 Å². The molecule has 0 fully saturated rings. The summed E-state index contributed by atoms with van der Waals surface area (Å²) in [5.41, 5.74) is -0.529. The van der Waals surface area contributed by atoms with E-state index in [-0.39, 0.29) is 12.5 Å². The Kier molecular flexibility index (Phi) is 7.79. The van der Waals surface area contributed by atoms with Gasteiger partial charge in [-0.15, -0.1) is 0 Å². The molecule has 1 aromatic carbocycles. The van der Waals surface area contributed by atoms with Crippen molar-refractivity contribution >= 4 is 12.0 Å². The molecule has 0 spiro atoms. The van der Waals surface area contributed by atoms with E-state index in [4.69, 9.17) is 0 Å². The molecule has 1 atom stereocenters. The second-order valence-electron chi connectivity index (χ2n) is 6.50. The quantitative estimate of drug-likeness (QED) is 0.627. The Hall–Kier alpha value is -2.90. The fraction of sp³-hybridized carbons (Fsp3) is 0.474. The predicted molar refractivity (Wildman–Crippen MR) is 105 cm³/mol. The number of unbranched alkanes of at least 4 members (excludes halogenated alkanes) is 1. The van der Waals surface area contributed by atoms with Gasteiger partial charge in [0.1, 0.15) is 0 Å². The molecule has 27 heavy (non-hydrogen) atoms. The van der Waals surface area contributed by atoms with Crippen molar-refractivity contribution in [2.45, 2.75) is 46.1 Å². The highest BCUT2D eigenvalue weighted by atomic mass is 16.2. The van der Waals surface area contributed by atoms with Crippen LogP contribution in [0.2, 0.25) is 0 Å². The summed E-state index contributed by atoms with van der Waals surface area (Å²) in [6.45, 7) is 4.88. The lowest BCUT2D eigenvalue weighted by Gasteiger charge is -2.15. The number of aromatic amines is 1. The van der Waals surface area contributed by atoms with Crippen LogP contribution in [0, 0.1) is 5.92 Å². The third-order valence-electron chi connectivity index (χ3n) is 4.42. The van der Waals surface area contributed by atoms with Gasteiger partial charge in [0, 0.05) is 6.54 Å². The van der Waals surface area contributed by atoms with Crippen LogP contribution in [0.3, 0.4) is 0 Å². The molecule has 0 saturated heterocycles. The highest BCUT2D eigenvalue weighted by Crippen LogP contribution is 2.11. The number of hydrogen-bond acceptors (Lipinski definition) is 4. The molecule has 0 bridgehead atoms. The smallest absolute Gasteiger partial charge is 0.338 e. The van der Waals surface area contributed by atoms with Crippen LogP contribution in [-0.2, 0) is 6.54 Å². The first-order valence-corrected chi connectivity index (χ1v) is 9.33. The fourth-order valence-corrected chi connectivity index (χ4v) is 2.74. The van der Waals surface area contributed by atoms with Crippen LogP contribution in [0.4, 0.5) is 10.7 Å². The summed E-state index contributed by atoms with van der Waals surface area (Å²) in [7, 11) is 0. The van der Waals surface area contributed by atoms with Gasteiger partial charge in [-0.05, 0) is 17.9 Å². The Labute approximate surface area is 158 Å². The van der Waals surface area contributed by atoms with Gasteiger partial charge in [-0.25, -0.2) is 19.0 Å². The number of hydrogen-bond donors (Lipinski definition) is 3. The van der Waals surface area contributed by atoms with Crippen LogP contribution < -0.4 is 22.0 Å². The Balaban J connectivity index is 1.98. The second kappa shape index (κ2) is 10.3. The standard InChI is InChI=1S/C19H27N5O3/c1-3-5-9-14(4-2)12-20-17(25)21-16-22-18(26)24(19(27)23-16)13-15-10-7-6-8-11-15/h6-8,10-11,14H,3-5,9,12-13H2,1-2H3,(H3,20,21,22,23,25,26,27). The molecule has 8 nitrogen and oxygen atoms in total. The van der Waals surface area contributed by atoms with Gasteiger partial charge >= 0.3 is 17.4 Å². The summed E-state index contributed by atoms with van der Waals surface area (Å²) in [6.07, 6.45) is 4.27. The number of benzene rings is 1. The maximum atomic E-state index is 12.2. The zero-order valence-electron chi connectivity index (χ0n) is 15.8. The fourth-order valence-electron chi connectivity index (χ4n) is 2.74. The van der Waals surface area contributed by atoms with E-state index in [9.17, 15) is 14.4 Å². The van der Waals surface area contributed by atoms with Gasteiger partial charge in [-0.2, -0.15) is 4.98 Å². The van der Waals surface area contributed by atoms with Crippen molar-refractivity contribution in [2.75, 3.05) is 11.9 Å². The van der Waals surface area contributed by atoms with Crippen molar-refractivity contribution in [3.8, 4) is 0 Å². The second-order valence-corrected chi connectivity index (χ2v) is 6.50. The maximum absolute atomic E-state index is 12.2. The molecule has 1 unspecified atom stereocenters. The number of carbonyl (C=O) groups is 1. The van der Waals surface area contributed by atoms with Crippen molar-refractivity contribution in [2.24, 2.45) is 5.92 Å². The average Bonchev–Trinajstić information content (AvgIpc) is 2.66. The summed E-state index contributed by atoms with van der Waals surface area (Å²) in [4.78, 5) is 42.5. The summed E-state index contributed by atoms with van der Waals surface area (Å²) >= 11 is 0. The topological polar surface area (TPSA) is 109 Å². The van der Waals surface area contributed by atoms with E-state index in [1.165, 1.54) is 0 Å². The van der Waals surface area contributed by atoms with E-state index in [0.717, 1.165) is 35.8 Å². The van der Waals surface area contributed by atoms with Crippen molar-refractivity contribution in [3.05, 3.63) is 56.9 Å². The SMILES string of the molecule is CCCCC(CC)CNC(=O)Nc1nc(=O)n(Cc2ccccc2)c(=O)[nH]1. The average molecular weight is 373 g/mol. The van der Waals surface area contributed by atoms with E-state index >= 15 is 0 Å². The number of anilines is 1. The van der Waals surface area contributed by atoms with Crippen LogP contribution >= 0.6 is 0 Å². The number of nitrogens with zero attached hydrogens (tertiary/aromatic N) is 2. The summed E-state index contributed by atoms with van der Waals surface area (Å²) in [5.74, 6) is 0.245. The first-order valence-electron chi connectivity index (χ1n) is 9.33. The summed E-state index contributed by atoms with van der Waals surface area (Å²) < 4.78 is 0.982.